The van der Waals surface area contributed by atoms with Crippen LogP contribution in [0.25, 0.3) is 0 Å². The van der Waals surface area contributed by atoms with E-state index in [4.69, 9.17) is 4.74 Å². The molecule has 5 heteroatoms. The molecule has 17 heavy (non-hydrogen) atoms. The van der Waals surface area contributed by atoms with Crippen LogP contribution in [-0.4, -0.2) is 36.6 Å². The van der Waals surface area contributed by atoms with E-state index < -0.39 is 0 Å². The van der Waals surface area contributed by atoms with Crippen molar-refractivity contribution in [1.29, 1.82) is 0 Å². The molecule has 1 aliphatic rings. The second kappa shape index (κ2) is 5.25. The van der Waals surface area contributed by atoms with E-state index in [0.717, 1.165) is 38.2 Å². The molecule has 0 aromatic heterocycles. The highest BCUT2D eigenvalue weighted by Gasteiger charge is 2.18. The summed E-state index contributed by atoms with van der Waals surface area (Å²) in [6, 6.07) is 5.15. The SMILES string of the molecule is COCCN1CCc2cc([N+](=O)[O-])ccc2C1. The quantitative estimate of drug-likeness (QED) is 0.588. The van der Waals surface area contributed by atoms with E-state index in [2.05, 4.69) is 4.90 Å². The van der Waals surface area contributed by atoms with E-state index >= 15 is 0 Å². The van der Waals surface area contributed by atoms with Crippen molar-refractivity contribution in [2.75, 3.05) is 26.8 Å². The average molecular weight is 236 g/mol. The van der Waals surface area contributed by atoms with Crippen LogP contribution in [0, 0.1) is 10.1 Å². The molecule has 0 bridgehead atoms. The Morgan fingerprint density at radius 2 is 2.29 bits per heavy atom. The Labute approximate surface area is 100 Å². The molecule has 1 aromatic rings. The molecular formula is C12H16N2O3. The predicted molar refractivity (Wildman–Crippen MR) is 64.0 cm³/mol. The summed E-state index contributed by atoms with van der Waals surface area (Å²) in [6.07, 6.45) is 0.876. The molecule has 2 rings (SSSR count). The van der Waals surface area contributed by atoms with Gasteiger partial charge in [-0.15, -0.1) is 0 Å². The highest BCUT2D eigenvalue weighted by molar-refractivity contribution is 5.41. The first-order valence-electron chi connectivity index (χ1n) is 5.68. The number of fused-ring (bicyclic) bond motifs is 1. The third-order valence-electron chi connectivity index (χ3n) is 3.10. The van der Waals surface area contributed by atoms with Gasteiger partial charge in [-0.2, -0.15) is 0 Å². The van der Waals surface area contributed by atoms with Crippen LogP contribution in [0.3, 0.4) is 0 Å². The lowest BCUT2D eigenvalue weighted by atomic mass is 9.99. The second-order valence-corrected chi connectivity index (χ2v) is 4.23. The number of hydrogen-bond donors (Lipinski definition) is 0. The molecule has 0 spiro atoms. The molecule has 0 amide bonds. The van der Waals surface area contributed by atoms with E-state index in [-0.39, 0.29) is 10.6 Å². The van der Waals surface area contributed by atoms with Gasteiger partial charge in [0.05, 0.1) is 11.5 Å². The van der Waals surface area contributed by atoms with Gasteiger partial charge in [0.1, 0.15) is 0 Å². The first-order valence-corrected chi connectivity index (χ1v) is 5.68. The van der Waals surface area contributed by atoms with Crippen LogP contribution < -0.4 is 0 Å². The Hall–Kier alpha value is -1.46. The van der Waals surface area contributed by atoms with Gasteiger partial charge >= 0.3 is 0 Å². The smallest absolute Gasteiger partial charge is 0.269 e. The largest absolute Gasteiger partial charge is 0.383 e. The maximum Gasteiger partial charge on any atom is 0.269 e. The fraction of sp³-hybridized carbons (Fsp3) is 0.500. The molecule has 0 radical (unpaired) electrons. The fourth-order valence-corrected chi connectivity index (χ4v) is 2.12. The zero-order valence-corrected chi connectivity index (χ0v) is 9.89. The van der Waals surface area contributed by atoms with E-state index in [1.165, 1.54) is 5.56 Å². The minimum absolute atomic E-state index is 0.189. The summed E-state index contributed by atoms with van der Waals surface area (Å²) < 4.78 is 5.05. The summed E-state index contributed by atoms with van der Waals surface area (Å²) in [4.78, 5) is 12.6. The van der Waals surface area contributed by atoms with Gasteiger partial charge in [0, 0.05) is 38.9 Å². The van der Waals surface area contributed by atoms with Crippen LogP contribution in [0.2, 0.25) is 0 Å². The minimum atomic E-state index is -0.336. The number of non-ortho nitro benzene ring substituents is 1. The van der Waals surface area contributed by atoms with Crippen molar-refractivity contribution in [3.8, 4) is 0 Å². The Balaban J connectivity index is 2.09. The fourth-order valence-electron chi connectivity index (χ4n) is 2.12. The van der Waals surface area contributed by atoms with Crippen LogP contribution in [-0.2, 0) is 17.7 Å². The predicted octanol–water partition coefficient (Wildman–Crippen LogP) is 1.60. The van der Waals surface area contributed by atoms with Gasteiger partial charge in [-0.05, 0) is 17.5 Å². The molecule has 0 saturated heterocycles. The summed E-state index contributed by atoms with van der Waals surface area (Å²) in [5.74, 6) is 0. The third kappa shape index (κ3) is 2.81. The lowest BCUT2D eigenvalue weighted by Gasteiger charge is -2.28. The third-order valence-corrected chi connectivity index (χ3v) is 3.10. The van der Waals surface area contributed by atoms with Gasteiger partial charge in [-0.1, -0.05) is 6.07 Å². The lowest BCUT2D eigenvalue weighted by molar-refractivity contribution is -0.384. The Kier molecular flexibility index (Phi) is 3.71. The van der Waals surface area contributed by atoms with Gasteiger partial charge in [0.15, 0.2) is 0 Å². The first-order chi connectivity index (χ1) is 8.20. The normalized spacial score (nSPS) is 15.6. The molecule has 1 aromatic carbocycles. The molecule has 5 nitrogen and oxygen atoms in total. The van der Waals surface area contributed by atoms with E-state index in [9.17, 15) is 10.1 Å². The topological polar surface area (TPSA) is 55.6 Å². The van der Waals surface area contributed by atoms with Crippen molar-refractivity contribution in [1.82, 2.24) is 4.90 Å². The summed E-state index contributed by atoms with van der Waals surface area (Å²) in [7, 11) is 1.70. The van der Waals surface area contributed by atoms with Gasteiger partial charge in [0.2, 0.25) is 0 Å². The first kappa shape index (κ1) is 12.0. The van der Waals surface area contributed by atoms with Crippen molar-refractivity contribution in [3.05, 3.63) is 39.4 Å². The number of methoxy groups -OCH3 is 1. The second-order valence-electron chi connectivity index (χ2n) is 4.23. The van der Waals surface area contributed by atoms with Crippen LogP contribution in [0.1, 0.15) is 11.1 Å². The summed E-state index contributed by atoms with van der Waals surface area (Å²) >= 11 is 0. The van der Waals surface area contributed by atoms with Crippen molar-refractivity contribution in [2.24, 2.45) is 0 Å². The average Bonchev–Trinajstić information content (AvgIpc) is 2.35. The van der Waals surface area contributed by atoms with Crippen LogP contribution in [0.4, 0.5) is 5.69 Å². The highest BCUT2D eigenvalue weighted by atomic mass is 16.6. The van der Waals surface area contributed by atoms with Crippen LogP contribution >= 0.6 is 0 Å². The minimum Gasteiger partial charge on any atom is -0.383 e. The zero-order chi connectivity index (χ0) is 12.3. The summed E-state index contributed by atoms with van der Waals surface area (Å²) in [5, 5.41) is 10.7. The Morgan fingerprint density at radius 1 is 1.47 bits per heavy atom. The number of nitrogens with zero attached hydrogens (tertiary/aromatic N) is 2. The van der Waals surface area contributed by atoms with Gasteiger partial charge in [-0.3, -0.25) is 15.0 Å². The van der Waals surface area contributed by atoms with Crippen LogP contribution in [0.5, 0.6) is 0 Å². The molecular weight excluding hydrogens is 220 g/mol. The Bertz CT molecular complexity index is 420. The van der Waals surface area contributed by atoms with E-state index in [1.54, 1.807) is 19.2 Å². The molecule has 1 heterocycles. The number of benzene rings is 1. The van der Waals surface area contributed by atoms with E-state index in [0.29, 0.717) is 0 Å². The summed E-state index contributed by atoms with van der Waals surface area (Å²) in [6.45, 7) is 3.43. The van der Waals surface area contributed by atoms with Crippen molar-refractivity contribution in [2.45, 2.75) is 13.0 Å². The van der Waals surface area contributed by atoms with Crippen molar-refractivity contribution < 1.29 is 9.66 Å². The van der Waals surface area contributed by atoms with Gasteiger partial charge in [0.25, 0.3) is 5.69 Å². The standard InChI is InChI=1S/C12H16N2O3/c1-17-7-6-13-5-4-10-8-12(14(15)16)3-2-11(10)9-13/h2-3,8H,4-7,9H2,1H3. The number of ether oxygens (including phenoxy) is 1. The maximum atomic E-state index is 10.7. The molecule has 0 N–H and O–H groups in total. The van der Waals surface area contributed by atoms with E-state index in [1.807, 2.05) is 6.07 Å². The Morgan fingerprint density at radius 3 is 3.00 bits per heavy atom. The number of nitro benzene ring substituents is 1. The van der Waals surface area contributed by atoms with Crippen molar-refractivity contribution >= 4 is 5.69 Å². The number of rotatable bonds is 4. The summed E-state index contributed by atoms with van der Waals surface area (Å²) in [5.41, 5.74) is 2.49. The highest BCUT2D eigenvalue weighted by Crippen LogP contribution is 2.23. The van der Waals surface area contributed by atoms with Crippen molar-refractivity contribution in [3.63, 3.8) is 0 Å². The van der Waals surface area contributed by atoms with Gasteiger partial charge in [-0.25, -0.2) is 0 Å². The number of nitro groups is 1. The maximum absolute atomic E-state index is 10.7. The molecule has 0 atom stereocenters. The van der Waals surface area contributed by atoms with Crippen LogP contribution in [0.15, 0.2) is 18.2 Å². The monoisotopic (exact) mass is 236 g/mol. The van der Waals surface area contributed by atoms with Gasteiger partial charge < -0.3 is 4.74 Å². The number of hydrogen-bond acceptors (Lipinski definition) is 4. The molecule has 0 fully saturated rings. The zero-order valence-electron chi connectivity index (χ0n) is 9.89. The molecule has 1 aliphatic heterocycles. The molecule has 92 valence electrons. The molecule has 0 saturated carbocycles. The molecule has 0 unspecified atom stereocenters. The molecule has 0 aliphatic carbocycles. The lowest BCUT2D eigenvalue weighted by Crippen LogP contribution is -2.33.